The Morgan fingerprint density at radius 2 is 1.84 bits per heavy atom. The maximum absolute atomic E-state index is 10.5. The molecule has 0 aliphatic heterocycles. The molecular formula is C16H27NO2. The molecule has 0 spiro atoms. The molecule has 0 unspecified atom stereocenters. The number of benzene rings is 1. The monoisotopic (exact) mass is 265 g/mol. The minimum atomic E-state index is -0.0706. The van der Waals surface area contributed by atoms with Gasteiger partial charge in [-0.25, -0.2) is 0 Å². The lowest BCUT2D eigenvalue weighted by Gasteiger charge is -2.25. The molecular weight excluding hydrogens is 238 g/mol. The lowest BCUT2D eigenvalue weighted by Crippen LogP contribution is -2.26. The van der Waals surface area contributed by atoms with Crippen molar-refractivity contribution in [3.8, 4) is 5.75 Å². The topological polar surface area (TPSA) is 43.7 Å². The van der Waals surface area contributed by atoms with Gasteiger partial charge in [0, 0.05) is 18.7 Å². The molecule has 3 heteroatoms. The minimum absolute atomic E-state index is 0.0706. The zero-order chi connectivity index (χ0) is 14.6. The zero-order valence-electron chi connectivity index (χ0n) is 12.8. The van der Waals surface area contributed by atoms with Gasteiger partial charge in [-0.3, -0.25) is 4.90 Å². The highest BCUT2D eigenvalue weighted by molar-refractivity contribution is 5.46. The van der Waals surface area contributed by atoms with E-state index in [-0.39, 0.29) is 12.0 Å². The zero-order valence-corrected chi connectivity index (χ0v) is 12.8. The van der Waals surface area contributed by atoms with Gasteiger partial charge in [-0.05, 0) is 24.4 Å². The van der Waals surface area contributed by atoms with Gasteiger partial charge in [0.15, 0.2) is 0 Å². The molecule has 2 N–H and O–H groups in total. The quantitative estimate of drug-likeness (QED) is 0.860. The number of likely N-dealkylation sites (N-methyl/N-ethyl adjacent to an activating group) is 1. The molecule has 108 valence electrons. The highest BCUT2D eigenvalue weighted by Gasteiger charge is 2.21. The summed E-state index contributed by atoms with van der Waals surface area (Å²) in [5.74, 6) is 0.398. The van der Waals surface area contributed by atoms with Gasteiger partial charge in [-0.15, -0.1) is 0 Å². The minimum Gasteiger partial charge on any atom is -0.507 e. The first-order valence-electron chi connectivity index (χ1n) is 6.95. The van der Waals surface area contributed by atoms with Crippen molar-refractivity contribution >= 4 is 0 Å². The van der Waals surface area contributed by atoms with Crippen molar-refractivity contribution in [1.29, 1.82) is 0 Å². The van der Waals surface area contributed by atoms with Gasteiger partial charge in [-0.2, -0.15) is 0 Å². The van der Waals surface area contributed by atoms with Crippen LogP contribution in [-0.2, 0) is 12.0 Å². The van der Waals surface area contributed by atoms with Crippen LogP contribution in [0.4, 0.5) is 0 Å². The van der Waals surface area contributed by atoms with E-state index in [4.69, 9.17) is 5.11 Å². The van der Waals surface area contributed by atoms with E-state index < -0.39 is 0 Å². The fourth-order valence-electron chi connectivity index (χ4n) is 2.28. The summed E-state index contributed by atoms with van der Waals surface area (Å²) in [7, 11) is 0. The van der Waals surface area contributed by atoms with Crippen molar-refractivity contribution in [2.24, 2.45) is 0 Å². The van der Waals surface area contributed by atoms with Crippen LogP contribution < -0.4 is 0 Å². The Hall–Kier alpha value is -1.06. The van der Waals surface area contributed by atoms with Crippen LogP contribution in [0.15, 0.2) is 12.1 Å². The Morgan fingerprint density at radius 3 is 2.32 bits per heavy atom. The molecule has 0 saturated heterocycles. The SMILES string of the molecule is CCN(CCO)Cc1cc(C)cc(C(C)(C)C)c1O. The maximum atomic E-state index is 10.5. The van der Waals surface area contributed by atoms with Crippen LogP contribution >= 0.6 is 0 Å². The molecule has 0 fully saturated rings. The number of hydrogen-bond acceptors (Lipinski definition) is 3. The maximum Gasteiger partial charge on any atom is 0.123 e. The second kappa shape index (κ2) is 6.40. The predicted octanol–water partition coefficient (Wildman–Crippen LogP) is 2.81. The summed E-state index contributed by atoms with van der Waals surface area (Å²) in [6.45, 7) is 12.8. The standard InChI is InChI=1S/C16H27NO2/c1-6-17(7-8-18)11-13-9-12(2)10-14(15(13)19)16(3,4)5/h9-10,18-19H,6-8,11H2,1-5H3. The number of hydrogen-bond donors (Lipinski definition) is 2. The summed E-state index contributed by atoms with van der Waals surface area (Å²) >= 11 is 0. The van der Waals surface area contributed by atoms with Crippen LogP contribution in [0.3, 0.4) is 0 Å². The van der Waals surface area contributed by atoms with Crippen LogP contribution in [0, 0.1) is 6.92 Å². The van der Waals surface area contributed by atoms with Gasteiger partial charge in [-0.1, -0.05) is 45.4 Å². The summed E-state index contributed by atoms with van der Waals surface area (Å²) in [4.78, 5) is 2.13. The molecule has 0 amide bonds. The Labute approximate surface area is 116 Å². The highest BCUT2D eigenvalue weighted by Crippen LogP contribution is 2.34. The van der Waals surface area contributed by atoms with Gasteiger partial charge < -0.3 is 10.2 Å². The summed E-state index contributed by atoms with van der Waals surface area (Å²) in [6, 6.07) is 4.09. The lowest BCUT2D eigenvalue weighted by atomic mass is 9.84. The first-order chi connectivity index (χ1) is 8.79. The molecule has 1 aromatic carbocycles. The van der Waals surface area contributed by atoms with Crippen LogP contribution in [-0.4, -0.2) is 34.8 Å². The van der Waals surface area contributed by atoms with Gasteiger partial charge in [0.25, 0.3) is 0 Å². The number of phenols is 1. The number of aliphatic hydroxyl groups excluding tert-OH is 1. The lowest BCUT2D eigenvalue weighted by molar-refractivity contribution is 0.195. The summed E-state index contributed by atoms with van der Waals surface area (Å²) < 4.78 is 0. The van der Waals surface area contributed by atoms with E-state index in [1.807, 2.05) is 6.07 Å². The van der Waals surface area contributed by atoms with Crippen LogP contribution in [0.25, 0.3) is 0 Å². The highest BCUT2D eigenvalue weighted by atomic mass is 16.3. The van der Waals surface area contributed by atoms with Crippen molar-refractivity contribution in [1.82, 2.24) is 4.90 Å². The average Bonchev–Trinajstić information content (AvgIpc) is 2.31. The number of aryl methyl sites for hydroxylation is 1. The largest absolute Gasteiger partial charge is 0.507 e. The smallest absolute Gasteiger partial charge is 0.123 e. The molecule has 0 atom stereocenters. The summed E-state index contributed by atoms with van der Waals surface area (Å²) in [5.41, 5.74) is 3.03. The van der Waals surface area contributed by atoms with E-state index in [0.717, 1.165) is 23.2 Å². The third-order valence-electron chi connectivity index (χ3n) is 3.40. The molecule has 0 bridgehead atoms. The first kappa shape index (κ1) is 16.0. The second-order valence-corrected chi connectivity index (χ2v) is 6.16. The fourth-order valence-corrected chi connectivity index (χ4v) is 2.28. The van der Waals surface area contributed by atoms with Gasteiger partial charge in [0.05, 0.1) is 6.61 Å². The number of nitrogens with zero attached hydrogens (tertiary/aromatic N) is 1. The molecule has 1 aromatic rings. The number of phenolic OH excluding ortho intramolecular Hbond substituents is 1. The van der Waals surface area contributed by atoms with Gasteiger partial charge >= 0.3 is 0 Å². The molecule has 0 aromatic heterocycles. The number of rotatable bonds is 5. The predicted molar refractivity (Wildman–Crippen MR) is 79.6 cm³/mol. The summed E-state index contributed by atoms with van der Waals surface area (Å²) in [5, 5.41) is 19.5. The van der Waals surface area contributed by atoms with Crippen LogP contribution in [0.1, 0.15) is 44.4 Å². The Morgan fingerprint density at radius 1 is 1.21 bits per heavy atom. The van der Waals surface area contributed by atoms with Gasteiger partial charge in [0.1, 0.15) is 5.75 Å². The molecule has 0 saturated carbocycles. The van der Waals surface area contributed by atoms with E-state index in [2.05, 4.69) is 45.6 Å². The average molecular weight is 265 g/mol. The third-order valence-corrected chi connectivity index (χ3v) is 3.40. The van der Waals surface area contributed by atoms with Crippen LogP contribution in [0.2, 0.25) is 0 Å². The number of aliphatic hydroxyl groups is 1. The third kappa shape index (κ3) is 4.22. The van der Waals surface area contributed by atoms with Crippen LogP contribution in [0.5, 0.6) is 5.75 Å². The van der Waals surface area contributed by atoms with E-state index >= 15 is 0 Å². The van der Waals surface area contributed by atoms with E-state index in [1.165, 1.54) is 0 Å². The Kier molecular flexibility index (Phi) is 5.39. The molecule has 0 aliphatic rings. The normalized spacial score (nSPS) is 12.2. The Balaban J connectivity index is 3.11. The molecule has 0 radical (unpaired) electrons. The molecule has 1 rings (SSSR count). The van der Waals surface area contributed by atoms with Crippen molar-refractivity contribution in [3.63, 3.8) is 0 Å². The van der Waals surface area contributed by atoms with Crippen molar-refractivity contribution < 1.29 is 10.2 Å². The van der Waals surface area contributed by atoms with Crippen molar-refractivity contribution in [3.05, 3.63) is 28.8 Å². The summed E-state index contributed by atoms with van der Waals surface area (Å²) in [6.07, 6.45) is 0. The van der Waals surface area contributed by atoms with Crippen molar-refractivity contribution in [2.45, 2.75) is 46.6 Å². The first-order valence-corrected chi connectivity index (χ1v) is 6.95. The number of aromatic hydroxyl groups is 1. The van der Waals surface area contributed by atoms with Crippen molar-refractivity contribution in [2.75, 3.05) is 19.7 Å². The molecule has 19 heavy (non-hydrogen) atoms. The van der Waals surface area contributed by atoms with Gasteiger partial charge in [0.2, 0.25) is 0 Å². The Bertz CT molecular complexity index is 421. The fraction of sp³-hybridized carbons (Fsp3) is 0.625. The van der Waals surface area contributed by atoms with E-state index in [0.29, 0.717) is 18.8 Å². The molecule has 3 nitrogen and oxygen atoms in total. The molecule has 0 aliphatic carbocycles. The second-order valence-electron chi connectivity index (χ2n) is 6.16. The molecule has 0 heterocycles. The van der Waals surface area contributed by atoms with E-state index in [9.17, 15) is 5.11 Å². The van der Waals surface area contributed by atoms with E-state index in [1.54, 1.807) is 0 Å².